The maximum Gasteiger partial charge on any atom is 0.178 e. The maximum atomic E-state index is 12.5. The molecule has 1 atom stereocenters. The molecule has 1 heterocycles. The molecule has 0 amide bonds. The van der Waals surface area contributed by atoms with Gasteiger partial charge in [0.1, 0.15) is 0 Å². The number of hydrogen-bond acceptors (Lipinski definition) is 2. The van der Waals surface area contributed by atoms with Crippen molar-refractivity contribution in [2.45, 2.75) is 12.8 Å². The van der Waals surface area contributed by atoms with Crippen LogP contribution in [0, 0.1) is 6.92 Å². The molecule has 2 aromatic rings. The van der Waals surface area contributed by atoms with Crippen LogP contribution in [0.3, 0.4) is 0 Å². The zero-order valence-corrected chi connectivity index (χ0v) is 10.1. The van der Waals surface area contributed by atoms with Gasteiger partial charge in [0.15, 0.2) is 5.78 Å². The van der Waals surface area contributed by atoms with Crippen LogP contribution in [0.15, 0.2) is 53.5 Å². The number of aryl methyl sites for hydroxylation is 1. The van der Waals surface area contributed by atoms with Crippen molar-refractivity contribution in [3.05, 3.63) is 65.2 Å². The standard InChI is InChI=1S/C16H13NO/c1-11-6-5-9-14-15(11)16(18)13(10-17-14)12-7-3-2-4-8-12/h2-10,13H,1H3. The average Bonchev–Trinajstić information content (AvgIpc) is 2.40. The molecule has 2 nitrogen and oxygen atoms in total. The van der Waals surface area contributed by atoms with Crippen molar-refractivity contribution in [1.82, 2.24) is 0 Å². The van der Waals surface area contributed by atoms with Crippen LogP contribution in [0.4, 0.5) is 5.69 Å². The molecule has 0 spiro atoms. The third kappa shape index (κ3) is 1.66. The largest absolute Gasteiger partial charge is 0.293 e. The average molecular weight is 235 g/mol. The molecule has 1 aliphatic heterocycles. The van der Waals surface area contributed by atoms with E-state index in [1.54, 1.807) is 6.21 Å². The molecule has 2 heteroatoms. The molecule has 0 saturated carbocycles. The molecule has 0 saturated heterocycles. The number of carbonyl (C=O) groups excluding carboxylic acids is 1. The Bertz CT molecular complexity index is 629. The van der Waals surface area contributed by atoms with E-state index in [2.05, 4.69) is 4.99 Å². The summed E-state index contributed by atoms with van der Waals surface area (Å²) in [6.45, 7) is 1.96. The van der Waals surface area contributed by atoms with E-state index in [9.17, 15) is 4.79 Å². The molecule has 1 aliphatic rings. The first-order valence-electron chi connectivity index (χ1n) is 6.00. The van der Waals surface area contributed by atoms with E-state index in [-0.39, 0.29) is 11.7 Å². The van der Waals surface area contributed by atoms with E-state index in [1.807, 2.05) is 55.5 Å². The van der Waals surface area contributed by atoms with E-state index < -0.39 is 0 Å². The Balaban J connectivity index is 2.10. The van der Waals surface area contributed by atoms with Crippen molar-refractivity contribution in [2.75, 3.05) is 0 Å². The zero-order chi connectivity index (χ0) is 12.5. The minimum absolute atomic E-state index is 0.143. The van der Waals surface area contributed by atoms with E-state index in [0.29, 0.717) is 0 Å². The first-order chi connectivity index (χ1) is 8.77. The van der Waals surface area contributed by atoms with Crippen LogP contribution in [0.2, 0.25) is 0 Å². The summed E-state index contributed by atoms with van der Waals surface area (Å²) in [5.41, 5.74) is 3.54. The van der Waals surface area contributed by atoms with Crippen LogP contribution in [-0.4, -0.2) is 12.0 Å². The Morgan fingerprint density at radius 1 is 1.00 bits per heavy atom. The fraction of sp³-hybridized carbons (Fsp3) is 0.125. The molecular formula is C16H13NO. The molecule has 1 unspecified atom stereocenters. The summed E-state index contributed by atoms with van der Waals surface area (Å²) in [4.78, 5) is 17.0. The number of Topliss-reactive ketones (excluding diaryl/α,β-unsaturated/α-hetero) is 1. The van der Waals surface area contributed by atoms with Crippen LogP contribution < -0.4 is 0 Å². The van der Waals surface area contributed by atoms with Crippen molar-refractivity contribution in [1.29, 1.82) is 0 Å². The molecule has 3 rings (SSSR count). The number of fused-ring (bicyclic) bond motifs is 1. The predicted molar refractivity (Wildman–Crippen MR) is 72.8 cm³/mol. The van der Waals surface area contributed by atoms with Gasteiger partial charge in [-0.2, -0.15) is 0 Å². The summed E-state index contributed by atoms with van der Waals surface area (Å²) in [5, 5.41) is 0. The lowest BCUT2D eigenvalue weighted by atomic mass is 9.87. The molecule has 0 fully saturated rings. The zero-order valence-electron chi connectivity index (χ0n) is 10.1. The van der Waals surface area contributed by atoms with Crippen LogP contribution in [0.1, 0.15) is 27.4 Å². The summed E-state index contributed by atoms with van der Waals surface area (Å²) >= 11 is 0. The van der Waals surface area contributed by atoms with Crippen LogP contribution >= 0.6 is 0 Å². The SMILES string of the molecule is Cc1cccc2c1C(=O)C(c1ccccc1)C=N2. The van der Waals surface area contributed by atoms with Gasteiger partial charge in [-0.05, 0) is 24.1 Å². The number of benzene rings is 2. The third-order valence-corrected chi connectivity index (χ3v) is 3.30. The predicted octanol–water partition coefficient (Wildman–Crippen LogP) is 3.68. The summed E-state index contributed by atoms with van der Waals surface area (Å²) < 4.78 is 0. The number of aliphatic imine (C=N–C) groups is 1. The topological polar surface area (TPSA) is 29.4 Å². The molecule has 0 radical (unpaired) electrons. The quantitative estimate of drug-likeness (QED) is 0.741. The molecular weight excluding hydrogens is 222 g/mol. The van der Waals surface area contributed by atoms with Gasteiger partial charge < -0.3 is 0 Å². The second-order valence-electron chi connectivity index (χ2n) is 4.50. The van der Waals surface area contributed by atoms with Crippen LogP contribution in [0.25, 0.3) is 0 Å². The van der Waals surface area contributed by atoms with Crippen LogP contribution in [0.5, 0.6) is 0 Å². The highest BCUT2D eigenvalue weighted by atomic mass is 16.1. The molecule has 0 N–H and O–H groups in total. The van der Waals surface area contributed by atoms with Crippen molar-refractivity contribution < 1.29 is 4.79 Å². The van der Waals surface area contributed by atoms with Gasteiger partial charge in [-0.1, -0.05) is 42.5 Å². The minimum atomic E-state index is -0.250. The van der Waals surface area contributed by atoms with Gasteiger partial charge in [0.25, 0.3) is 0 Å². The van der Waals surface area contributed by atoms with Gasteiger partial charge in [-0.3, -0.25) is 9.79 Å². The number of rotatable bonds is 1. The lowest BCUT2D eigenvalue weighted by Crippen LogP contribution is -2.18. The summed E-state index contributed by atoms with van der Waals surface area (Å²) in [6, 6.07) is 15.6. The molecule has 0 aliphatic carbocycles. The second-order valence-corrected chi connectivity index (χ2v) is 4.50. The first-order valence-corrected chi connectivity index (χ1v) is 6.00. The smallest absolute Gasteiger partial charge is 0.178 e. The number of nitrogens with zero attached hydrogens (tertiary/aromatic N) is 1. The fourth-order valence-electron chi connectivity index (χ4n) is 2.36. The van der Waals surface area contributed by atoms with Crippen molar-refractivity contribution in [3.63, 3.8) is 0 Å². The lowest BCUT2D eigenvalue weighted by molar-refractivity contribution is 0.0982. The Labute approximate surface area is 106 Å². The van der Waals surface area contributed by atoms with E-state index in [1.165, 1.54) is 0 Å². The van der Waals surface area contributed by atoms with Gasteiger partial charge in [0.05, 0.1) is 11.6 Å². The highest BCUT2D eigenvalue weighted by molar-refractivity contribution is 6.16. The number of hydrogen-bond donors (Lipinski definition) is 0. The Hall–Kier alpha value is -2.22. The minimum Gasteiger partial charge on any atom is -0.293 e. The van der Waals surface area contributed by atoms with E-state index in [4.69, 9.17) is 0 Å². The first kappa shape index (κ1) is 10.9. The van der Waals surface area contributed by atoms with Gasteiger partial charge in [0, 0.05) is 11.8 Å². The number of carbonyl (C=O) groups is 1. The third-order valence-electron chi connectivity index (χ3n) is 3.30. The van der Waals surface area contributed by atoms with Gasteiger partial charge in [0.2, 0.25) is 0 Å². The molecule has 0 bridgehead atoms. The van der Waals surface area contributed by atoms with E-state index >= 15 is 0 Å². The molecule has 88 valence electrons. The Morgan fingerprint density at radius 2 is 1.78 bits per heavy atom. The van der Waals surface area contributed by atoms with Gasteiger partial charge >= 0.3 is 0 Å². The monoisotopic (exact) mass is 235 g/mol. The molecule has 0 aromatic heterocycles. The normalized spacial score (nSPS) is 17.6. The highest BCUT2D eigenvalue weighted by Gasteiger charge is 2.27. The second kappa shape index (κ2) is 4.22. The van der Waals surface area contributed by atoms with Crippen molar-refractivity contribution in [3.8, 4) is 0 Å². The van der Waals surface area contributed by atoms with Gasteiger partial charge in [-0.25, -0.2) is 0 Å². The number of ketones is 1. The summed E-state index contributed by atoms with van der Waals surface area (Å²) in [6.07, 6.45) is 1.75. The maximum absolute atomic E-state index is 12.5. The molecule has 2 aromatic carbocycles. The summed E-state index contributed by atoms with van der Waals surface area (Å²) in [7, 11) is 0. The Morgan fingerprint density at radius 3 is 2.56 bits per heavy atom. The van der Waals surface area contributed by atoms with Crippen LogP contribution in [-0.2, 0) is 0 Å². The van der Waals surface area contributed by atoms with Crippen molar-refractivity contribution in [2.24, 2.45) is 4.99 Å². The van der Waals surface area contributed by atoms with Crippen molar-refractivity contribution >= 4 is 17.7 Å². The van der Waals surface area contributed by atoms with E-state index in [0.717, 1.165) is 22.4 Å². The Kier molecular flexibility index (Phi) is 2.56. The highest BCUT2D eigenvalue weighted by Crippen LogP contribution is 2.32. The fourth-order valence-corrected chi connectivity index (χ4v) is 2.36. The molecule has 18 heavy (non-hydrogen) atoms. The van der Waals surface area contributed by atoms with Gasteiger partial charge in [-0.15, -0.1) is 0 Å². The lowest BCUT2D eigenvalue weighted by Gasteiger charge is -2.19. The summed E-state index contributed by atoms with van der Waals surface area (Å²) in [5.74, 6) is -0.107.